The minimum absolute atomic E-state index is 0.0184. The molecule has 1 aliphatic carbocycles. The number of amides is 1. The number of rotatable bonds is 7. The molecule has 1 aliphatic heterocycles. The second-order valence-electron chi connectivity index (χ2n) is 8.92. The average Bonchev–Trinajstić information content (AvgIpc) is 3.64. The number of nitrogens with zero attached hydrogens (tertiary/aromatic N) is 6. The van der Waals surface area contributed by atoms with E-state index in [9.17, 15) is 9.59 Å². The van der Waals surface area contributed by atoms with E-state index in [1.54, 1.807) is 10.9 Å². The lowest BCUT2D eigenvalue weighted by molar-refractivity contribution is -0.141. The van der Waals surface area contributed by atoms with Crippen LogP contribution in [0.3, 0.4) is 0 Å². The van der Waals surface area contributed by atoms with Crippen LogP contribution in [0.25, 0.3) is 11.2 Å². The summed E-state index contributed by atoms with van der Waals surface area (Å²) in [5.74, 6) is 1.29. The van der Waals surface area contributed by atoms with Crippen molar-refractivity contribution in [3.8, 4) is 0 Å². The smallest absolute Gasteiger partial charge is 0.325 e. The molecule has 1 N–H and O–H groups in total. The van der Waals surface area contributed by atoms with Gasteiger partial charge in [0.1, 0.15) is 6.54 Å². The number of piperazine rings is 1. The number of benzene rings is 1. The van der Waals surface area contributed by atoms with Gasteiger partial charge >= 0.3 is 5.97 Å². The molecule has 10 heteroatoms. The Morgan fingerprint density at radius 1 is 1.09 bits per heavy atom. The summed E-state index contributed by atoms with van der Waals surface area (Å²) in [5, 5.41) is 3.40. The molecule has 1 aromatic carbocycles. The fourth-order valence-corrected chi connectivity index (χ4v) is 4.12. The van der Waals surface area contributed by atoms with Crippen molar-refractivity contribution in [2.24, 2.45) is 5.92 Å². The third-order valence-electron chi connectivity index (χ3n) is 6.36. The number of aryl methyl sites for hydroxylation is 1. The Labute approximate surface area is 197 Å². The Kier molecular flexibility index (Phi) is 6.04. The average molecular weight is 464 g/mol. The van der Waals surface area contributed by atoms with Crippen LogP contribution in [0.15, 0.2) is 30.6 Å². The third kappa shape index (κ3) is 4.66. The third-order valence-corrected chi connectivity index (χ3v) is 6.36. The largest absolute Gasteiger partial charge is 0.468 e. The van der Waals surface area contributed by atoms with Gasteiger partial charge in [-0.3, -0.25) is 9.59 Å². The van der Waals surface area contributed by atoms with Crippen LogP contribution in [0.1, 0.15) is 24.0 Å². The van der Waals surface area contributed by atoms with Crippen molar-refractivity contribution >= 4 is 34.8 Å². The molecule has 2 aliphatic rings. The molecule has 34 heavy (non-hydrogen) atoms. The molecule has 3 heterocycles. The monoisotopic (exact) mass is 463 g/mol. The van der Waals surface area contributed by atoms with E-state index in [0.29, 0.717) is 55.7 Å². The fraction of sp³-hybridized carbons (Fsp3) is 0.458. The van der Waals surface area contributed by atoms with E-state index in [1.807, 2.05) is 4.90 Å². The van der Waals surface area contributed by atoms with Gasteiger partial charge < -0.3 is 24.4 Å². The van der Waals surface area contributed by atoms with Gasteiger partial charge in [-0.2, -0.15) is 9.97 Å². The van der Waals surface area contributed by atoms with Crippen LogP contribution >= 0.6 is 0 Å². The number of imidazole rings is 1. The van der Waals surface area contributed by atoms with E-state index in [-0.39, 0.29) is 24.3 Å². The summed E-state index contributed by atoms with van der Waals surface area (Å²) in [6, 6.07) is 8.30. The Balaban J connectivity index is 1.41. The lowest BCUT2D eigenvalue weighted by Crippen LogP contribution is -2.49. The van der Waals surface area contributed by atoms with Crippen molar-refractivity contribution < 1.29 is 14.3 Å². The van der Waals surface area contributed by atoms with Crippen molar-refractivity contribution in [2.75, 3.05) is 43.5 Å². The SMILES string of the molecule is COC(=O)Cn1cnc2c(NCc3ccc(C)cc3)nc(N3CCN(C(=O)C4CC4)CC3)nc21. The molecule has 3 aromatic rings. The highest BCUT2D eigenvalue weighted by atomic mass is 16.5. The van der Waals surface area contributed by atoms with Gasteiger partial charge in [0.05, 0.1) is 13.4 Å². The van der Waals surface area contributed by atoms with Crippen LogP contribution in [0.4, 0.5) is 11.8 Å². The minimum Gasteiger partial charge on any atom is -0.468 e. The van der Waals surface area contributed by atoms with Crippen molar-refractivity contribution in [2.45, 2.75) is 32.9 Å². The first-order chi connectivity index (χ1) is 16.5. The van der Waals surface area contributed by atoms with Crippen LogP contribution in [-0.2, 0) is 27.4 Å². The number of esters is 1. The number of aromatic nitrogens is 4. The van der Waals surface area contributed by atoms with Crippen molar-refractivity contribution in [3.05, 3.63) is 41.7 Å². The Hall–Kier alpha value is -3.69. The Morgan fingerprint density at radius 2 is 1.82 bits per heavy atom. The molecule has 2 aromatic heterocycles. The van der Waals surface area contributed by atoms with Crippen molar-refractivity contribution in [3.63, 3.8) is 0 Å². The first kappa shape index (κ1) is 22.1. The second-order valence-corrected chi connectivity index (χ2v) is 8.92. The van der Waals surface area contributed by atoms with Crippen LogP contribution in [0.5, 0.6) is 0 Å². The molecule has 178 valence electrons. The highest BCUT2D eigenvalue weighted by molar-refractivity contribution is 5.85. The number of anilines is 2. The molecule has 0 atom stereocenters. The van der Waals surface area contributed by atoms with Crippen LogP contribution in [-0.4, -0.2) is 69.6 Å². The summed E-state index contributed by atoms with van der Waals surface area (Å²) in [6.45, 7) is 5.29. The van der Waals surface area contributed by atoms with Gasteiger partial charge in [-0.05, 0) is 25.3 Å². The molecule has 0 spiro atoms. The van der Waals surface area contributed by atoms with E-state index in [1.165, 1.54) is 12.7 Å². The van der Waals surface area contributed by atoms with E-state index in [0.717, 1.165) is 18.4 Å². The summed E-state index contributed by atoms with van der Waals surface area (Å²) in [6.07, 6.45) is 3.61. The van der Waals surface area contributed by atoms with Crippen LogP contribution < -0.4 is 10.2 Å². The van der Waals surface area contributed by atoms with Gasteiger partial charge in [-0.25, -0.2) is 4.98 Å². The number of ether oxygens (including phenoxy) is 1. The number of nitrogens with one attached hydrogen (secondary N) is 1. The molecule has 0 bridgehead atoms. The fourth-order valence-electron chi connectivity index (χ4n) is 4.12. The van der Waals surface area contributed by atoms with Gasteiger partial charge in [0.15, 0.2) is 17.0 Å². The van der Waals surface area contributed by atoms with Gasteiger partial charge in [-0.15, -0.1) is 0 Å². The molecule has 0 radical (unpaired) electrons. The maximum atomic E-state index is 12.4. The second kappa shape index (κ2) is 9.28. The highest BCUT2D eigenvalue weighted by Gasteiger charge is 2.35. The lowest BCUT2D eigenvalue weighted by atomic mass is 10.1. The summed E-state index contributed by atoms with van der Waals surface area (Å²) < 4.78 is 6.51. The molecule has 5 rings (SSSR count). The molecule has 1 saturated carbocycles. The van der Waals surface area contributed by atoms with E-state index < -0.39 is 0 Å². The van der Waals surface area contributed by atoms with Gasteiger partial charge in [0, 0.05) is 38.6 Å². The Bertz CT molecular complexity index is 1200. The quantitative estimate of drug-likeness (QED) is 0.531. The zero-order chi connectivity index (χ0) is 23.7. The van der Waals surface area contributed by atoms with Gasteiger partial charge in [0.25, 0.3) is 0 Å². The predicted molar refractivity (Wildman–Crippen MR) is 127 cm³/mol. The van der Waals surface area contributed by atoms with E-state index in [4.69, 9.17) is 14.7 Å². The number of fused-ring (bicyclic) bond motifs is 1. The summed E-state index contributed by atoms with van der Waals surface area (Å²) in [5.41, 5.74) is 3.50. The van der Waals surface area contributed by atoms with Crippen LogP contribution in [0.2, 0.25) is 0 Å². The van der Waals surface area contributed by atoms with E-state index in [2.05, 4.69) is 46.4 Å². The standard InChI is InChI=1S/C24H29N7O3/c1-16-3-5-17(6-4-16)13-25-21-20-22(31(15-26-20)14-19(32)34-2)28-24(27-21)30-11-9-29(10-12-30)23(33)18-7-8-18/h3-6,15,18H,7-14H2,1-2H3,(H,25,27,28). The predicted octanol–water partition coefficient (Wildman–Crippen LogP) is 1.98. The topological polar surface area (TPSA) is 105 Å². The van der Waals surface area contributed by atoms with Crippen LogP contribution in [0, 0.1) is 12.8 Å². The molecule has 1 saturated heterocycles. The minimum atomic E-state index is -0.374. The number of methoxy groups -OCH3 is 1. The molecule has 2 fully saturated rings. The van der Waals surface area contributed by atoms with Crippen molar-refractivity contribution in [1.82, 2.24) is 24.4 Å². The zero-order valence-corrected chi connectivity index (χ0v) is 19.5. The molecular formula is C24H29N7O3. The maximum absolute atomic E-state index is 12.4. The first-order valence-corrected chi connectivity index (χ1v) is 11.6. The summed E-state index contributed by atoms with van der Waals surface area (Å²) >= 11 is 0. The Morgan fingerprint density at radius 3 is 2.50 bits per heavy atom. The number of carbonyl (C=O) groups is 2. The van der Waals surface area contributed by atoms with Crippen molar-refractivity contribution in [1.29, 1.82) is 0 Å². The zero-order valence-electron chi connectivity index (χ0n) is 19.5. The number of hydrogen-bond donors (Lipinski definition) is 1. The normalized spacial score (nSPS) is 16.1. The number of carbonyl (C=O) groups excluding carboxylic acids is 2. The summed E-state index contributed by atoms with van der Waals surface area (Å²) in [7, 11) is 1.36. The maximum Gasteiger partial charge on any atom is 0.325 e. The van der Waals surface area contributed by atoms with Gasteiger partial charge in [0.2, 0.25) is 11.9 Å². The molecule has 10 nitrogen and oxygen atoms in total. The van der Waals surface area contributed by atoms with E-state index >= 15 is 0 Å². The molecule has 1 amide bonds. The first-order valence-electron chi connectivity index (χ1n) is 11.6. The lowest BCUT2D eigenvalue weighted by Gasteiger charge is -2.35. The number of hydrogen-bond acceptors (Lipinski definition) is 8. The molecular weight excluding hydrogens is 434 g/mol. The molecule has 0 unspecified atom stereocenters. The summed E-state index contributed by atoms with van der Waals surface area (Å²) in [4.78, 5) is 42.4. The van der Waals surface area contributed by atoms with Gasteiger partial charge in [-0.1, -0.05) is 29.8 Å². The highest BCUT2D eigenvalue weighted by Crippen LogP contribution is 2.31.